The molecule has 1 amide bonds. The van der Waals surface area contributed by atoms with Gasteiger partial charge in [-0.3, -0.25) is 9.69 Å². The maximum absolute atomic E-state index is 12.5. The normalized spacial score (nSPS) is 17.2. The molecule has 6 heteroatoms. The van der Waals surface area contributed by atoms with Gasteiger partial charge in [0.05, 0.1) is 21.3 Å². The summed E-state index contributed by atoms with van der Waals surface area (Å²) in [5.41, 5.74) is 1.11. The van der Waals surface area contributed by atoms with Gasteiger partial charge in [0.1, 0.15) is 0 Å². The number of nitrogens with zero attached hydrogens (tertiary/aromatic N) is 2. The minimum absolute atomic E-state index is 0.0651. The summed E-state index contributed by atoms with van der Waals surface area (Å²) in [6, 6.07) is 12.5. The van der Waals surface area contributed by atoms with Crippen molar-refractivity contribution in [2.75, 3.05) is 19.6 Å². The lowest BCUT2D eigenvalue weighted by atomic mass is 9.96. The van der Waals surface area contributed by atoms with Crippen molar-refractivity contribution in [3.63, 3.8) is 0 Å². The highest BCUT2D eigenvalue weighted by atomic mass is 32.1. The average molecular weight is 400 g/mol. The number of likely N-dealkylation sites (tertiary alicyclic amines) is 1. The molecule has 3 aromatic rings. The number of hydrogen-bond donors (Lipinski definition) is 1. The fourth-order valence-electron chi connectivity index (χ4n) is 3.68. The minimum atomic E-state index is -0.0651. The zero-order chi connectivity index (χ0) is 18.6. The number of rotatable bonds is 6. The third kappa shape index (κ3) is 4.39. The molecule has 4 rings (SSSR count). The first-order valence-electron chi connectivity index (χ1n) is 9.60. The quantitative estimate of drug-likeness (QED) is 0.673. The molecule has 0 aliphatic carbocycles. The number of aromatic nitrogens is 1. The minimum Gasteiger partial charge on any atom is -0.354 e. The summed E-state index contributed by atoms with van der Waals surface area (Å²) in [6.07, 6.45) is 3.06. The highest BCUT2D eigenvalue weighted by molar-refractivity contribution is 7.18. The van der Waals surface area contributed by atoms with E-state index in [-0.39, 0.29) is 11.9 Å². The Hall–Kier alpha value is -1.76. The molecule has 0 spiro atoms. The van der Waals surface area contributed by atoms with Crippen molar-refractivity contribution in [1.82, 2.24) is 15.2 Å². The Balaban J connectivity index is 1.27. The molecule has 3 heterocycles. The molecule has 4 nitrogen and oxygen atoms in total. The molecule has 1 N–H and O–H groups in total. The molecule has 0 radical (unpaired) electrons. The molecule has 1 aromatic carbocycles. The summed E-state index contributed by atoms with van der Waals surface area (Å²) in [6.45, 7) is 4.66. The van der Waals surface area contributed by atoms with Crippen LogP contribution in [0.4, 0.5) is 0 Å². The van der Waals surface area contributed by atoms with Crippen LogP contribution in [0.5, 0.6) is 0 Å². The van der Waals surface area contributed by atoms with Crippen LogP contribution in [-0.2, 0) is 11.2 Å². The van der Waals surface area contributed by atoms with Crippen LogP contribution in [0.2, 0.25) is 0 Å². The van der Waals surface area contributed by atoms with E-state index in [1.807, 2.05) is 24.3 Å². The number of para-hydroxylation sites is 1. The lowest BCUT2D eigenvalue weighted by molar-refractivity contribution is -0.126. The summed E-state index contributed by atoms with van der Waals surface area (Å²) in [5, 5.41) is 6.43. The van der Waals surface area contributed by atoms with E-state index in [0.717, 1.165) is 37.9 Å². The molecule has 0 saturated carbocycles. The second-order valence-electron chi connectivity index (χ2n) is 7.13. The van der Waals surface area contributed by atoms with Gasteiger partial charge in [-0.2, -0.15) is 0 Å². The molecule has 1 aliphatic heterocycles. The van der Waals surface area contributed by atoms with Gasteiger partial charge in [-0.25, -0.2) is 4.98 Å². The predicted octanol–water partition coefficient (Wildman–Crippen LogP) is 4.28. The molecule has 2 aromatic heterocycles. The van der Waals surface area contributed by atoms with Gasteiger partial charge in [0.2, 0.25) is 5.91 Å². The van der Waals surface area contributed by atoms with E-state index in [4.69, 9.17) is 4.98 Å². The molecule has 142 valence electrons. The van der Waals surface area contributed by atoms with Crippen LogP contribution in [0, 0.1) is 0 Å². The molecular formula is C21H25N3OS2. The molecule has 1 aliphatic rings. The van der Waals surface area contributed by atoms with Crippen molar-refractivity contribution in [2.45, 2.75) is 38.1 Å². The highest BCUT2D eigenvalue weighted by Crippen LogP contribution is 2.34. The summed E-state index contributed by atoms with van der Waals surface area (Å²) in [7, 11) is 0. The maximum atomic E-state index is 12.5. The van der Waals surface area contributed by atoms with E-state index < -0.39 is 0 Å². The van der Waals surface area contributed by atoms with E-state index >= 15 is 0 Å². The highest BCUT2D eigenvalue weighted by Gasteiger charge is 2.28. The molecule has 0 bridgehead atoms. The fourth-order valence-corrected chi connectivity index (χ4v) is 5.52. The Labute approximate surface area is 168 Å². The summed E-state index contributed by atoms with van der Waals surface area (Å²) >= 11 is 3.57. The maximum Gasteiger partial charge on any atom is 0.237 e. The molecular weight excluding hydrogens is 374 g/mol. The van der Waals surface area contributed by atoms with Crippen LogP contribution in [0.1, 0.15) is 35.6 Å². The first-order valence-corrected chi connectivity index (χ1v) is 11.3. The summed E-state index contributed by atoms with van der Waals surface area (Å²) in [5.74, 6) is 0.665. The van der Waals surface area contributed by atoms with Gasteiger partial charge in [-0.15, -0.1) is 22.7 Å². The van der Waals surface area contributed by atoms with Crippen LogP contribution in [0.15, 0.2) is 41.8 Å². The van der Waals surface area contributed by atoms with E-state index in [2.05, 4.69) is 45.9 Å². The zero-order valence-corrected chi connectivity index (χ0v) is 17.2. The molecule has 27 heavy (non-hydrogen) atoms. The molecule has 0 unspecified atom stereocenters. The first-order chi connectivity index (χ1) is 13.2. The van der Waals surface area contributed by atoms with Crippen LogP contribution in [0.25, 0.3) is 10.2 Å². The first kappa shape index (κ1) is 18.6. The van der Waals surface area contributed by atoms with E-state index in [1.165, 1.54) is 14.6 Å². The van der Waals surface area contributed by atoms with Crippen molar-refractivity contribution in [3.05, 3.63) is 51.7 Å². The van der Waals surface area contributed by atoms with Gasteiger partial charge in [0.25, 0.3) is 0 Å². The second-order valence-corrected chi connectivity index (χ2v) is 9.22. The zero-order valence-electron chi connectivity index (χ0n) is 15.6. The molecule has 1 atom stereocenters. The van der Waals surface area contributed by atoms with Crippen molar-refractivity contribution in [1.29, 1.82) is 0 Å². The van der Waals surface area contributed by atoms with Crippen molar-refractivity contribution >= 4 is 38.8 Å². The summed E-state index contributed by atoms with van der Waals surface area (Å²) < 4.78 is 1.27. The number of fused-ring (bicyclic) bond motifs is 1. The number of hydrogen-bond acceptors (Lipinski definition) is 5. The number of carbonyl (C=O) groups excluding carboxylic acids is 1. The number of piperidine rings is 1. The smallest absolute Gasteiger partial charge is 0.237 e. The average Bonchev–Trinajstić information content (AvgIpc) is 3.37. The Bertz CT molecular complexity index is 849. The number of benzene rings is 1. The second kappa shape index (κ2) is 8.50. The van der Waals surface area contributed by atoms with Crippen molar-refractivity contribution in [2.24, 2.45) is 0 Å². The van der Waals surface area contributed by atoms with Crippen molar-refractivity contribution in [3.8, 4) is 0 Å². The van der Waals surface area contributed by atoms with Crippen LogP contribution in [0.3, 0.4) is 0 Å². The van der Waals surface area contributed by atoms with Crippen LogP contribution < -0.4 is 5.32 Å². The van der Waals surface area contributed by atoms with Gasteiger partial charge < -0.3 is 5.32 Å². The van der Waals surface area contributed by atoms with E-state index in [0.29, 0.717) is 12.5 Å². The lowest BCUT2D eigenvalue weighted by Gasteiger charge is -2.34. The SMILES string of the molecule is C[C@@H](C(=O)NCCc1cccs1)N1CCC(c2nc3ccccc3s2)CC1. The van der Waals surface area contributed by atoms with Gasteiger partial charge in [-0.05, 0) is 62.9 Å². The standard InChI is InChI=1S/C21H25N3OS2/c1-15(20(25)22-11-8-17-5-4-14-26-17)24-12-9-16(10-13-24)21-23-18-6-2-3-7-19(18)27-21/h2-7,14-16H,8-13H2,1H3,(H,22,25)/t15-/m0/s1. The molecule has 1 fully saturated rings. The van der Waals surface area contributed by atoms with E-state index in [1.54, 1.807) is 11.3 Å². The van der Waals surface area contributed by atoms with Crippen LogP contribution in [-0.4, -0.2) is 41.5 Å². The van der Waals surface area contributed by atoms with Crippen LogP contribution >= 0.6 is 22.7 Å². The Morgan fingerprint density at radius 3 is 2.81 bits per heavy atom. The lowest BCUT2D eigenvalue weighted by Crippen LogP contribution is -2.48. The number of carbonyl (C=O) groups is 1. The number of amides is 1. The van der Waals surface area contributed by atoms with Gasteiger partial charge in [0, 0.05) is 17.3 Å². The largest absolute Gasteiger partial charge is 0.354 e. The Morgan fingerprint density at radius 1 is 1.26 bits per heavy atom. The third-order valence-electron chi connectivity index (χ3n) is 5.37. The Morgan fingerprint density at radius 2 is 2.07 bits per heavy atom. The van der Waals surface area contributed by atoms with Gasteiger partial charge in [-0.1, -0.05) is 18.2 Å². The predicted molar refractivity (Wildman–Crippen MR) is 114 cm³/mol. The van der Waals surface area contributed by atoms with Crippen molar-refractivity contribution < 1.29 is 4.79 Å². The number of thiophene rings is 1. The topological polar surface area (TPSA) is 45.2 Å². The summed E-state index contributed by atoms with van der Waals surface area (Å²) in [4.78, 5) is 20.9. The molecule has 1 saturated heterocycles. The van der Waals surface area contributed by atoms with E-state index in [9.17, 15) is 4.79 Å². The van der Waals surface area contributed by atoms with Gasteiger partial charge >= 0.3 is 0 Å². The monoisotopic (exact) mass is 399 g/mol. The Kier molecular flexibility index (Phi) is 5.86. The number of nitrogens with one attached hydrogen (secondary N) is 1. The fraction of sp³-hybridized carbons (Fsp3) is 0.429. The van der Waals surface area contributed by atoms with Gasteiger partial charge in [0.15, 0.2) is 0 Å². The third-order valence-corrected chi connectivity index (χ3v) is 7.50. The number of thiazole rings is 1.